The van der Waals surface area contributed by atoms with Gasteiger partial charge in [-0.2, -0.15) is 0 Å². The number of rotatable bonds is 4. The van der Waals surface area contributed by atoms with Crippen LogP contribution in [0.1, 0.15) is 26.2 Å². The van der Waals surface area contributed by atoms with E-state index in [9.17, 15) is 10.2 Å². The Morgan fingerprint density at radius 2 is 2.14 bits per heavy atom. The molecule has 2 heterocycles. The lowest BCUT2D eigenvalue weighted by Gasteiger charge is -2.46. The highest BCUT2D eigenvalue weighted by Crippen LogP contribution is 2.37. The Morgan fingerprint density at radius 3 is 2.91 bits per heavy atom. The highest BCUT2D eigenvalue weighted by atomic mass is 16.3. The van der Waals surface area contributed by atoms with Crippen LogP contribution in [0.25, 0.3) is 10.9 Å². The maximum atomic E-state index is 10.4. The number of aromatic nitrogens is 2. The fourth-order valence-corrected chi connectivity index (χ4v) is 3.55. The van der Waals surface area contributed by atoms with E-state index in [4.69, 9.17) is 0 Å². The quantitative estimate of drug-likeness (QED) is 0.903. The third-order valence-corrected chi connectivity index (χ3v) is 4.77. The van der Waals surface area contributed by atoms with Crippen LogP contribution in [0, 0.1) is 5.41 Å². The number of anilines is 1. The highest BCUT2D eigenvalue weighted by molar-refractivity contribution is 5.89. The normalized spacial score (nSPS) is 25.6. The van der Waals surface area contributed by atoms with Crippen LogP contribution in [-0.4, -0.2) is 46.0 Å². The number of aliphatic hydroxyl groups excluding tert-OH is 2. The molecule has 0 saturated carbocycles. The van der Waals surface area contributed by atoms with E-state index in [1.807, 2.05) is 24.3 Å². The molecule has 2 N–H and O–H groups in total. The Morgan fingerprint density at radius 1 is 1.32 bits per heavy atom. The summed E-state index contributed by atoms with van der Waals surface area (Å²) in [5, 5.41) is 21.3. The summed E-state index contributed by atoms with van der Waals surface area (Å²) in [5.41, 5.74) is 0.461. The van der Waals surface area contributed by atoms with Gasteiger partial charge < -0.3 is 15.1 Å². The summed E-state index contributed by atoms with van der Waals surface area (Å²) in [4.78, 5) is 11.0. The van der Waals surface area contributed by atoms with E-state index < -0.39 is 11.5 Å². The van der Waals surface area contributed by atoms with Crippen molar-refractivity contribution in [1.29, 1.82) is 0 Å². The number of hydrogen-bond acceptors (Lipinski definition) is 5. The first-order valence-corrected chi connectivity index (χ1v) is 7.94. The third kappa shape index (κ3) is 2.55. The molecule has 1 aliphatic heterocycles. The van der Waals surface area contributed by atoms with Crippen LogP contribution in [0.5, 0.6) is 0 Å². The van der Waals surface area contributed by atoms with E-state index in [1.54, 1.807) is 6.33 Å². The zero-order valence-corrected chi connectivity index (χ0v) is 12.9. The Bertz CT molecular complexity index is 643. The monoisotopic (exact) mass is 301 g/mol. The molecular weight excluding hydrogens is 278 g/mol. The van der Waals surface area contributed by atoms with Crippen molar-refractivity contribution in [3.8, 4) is 0 Å². The number of para-hydroxylation sites is 1. The van der Waals surface area contributed by atoms with Gasteiger partial charge in [-0.05, 0) is 25.0 Å². The molecule has 22 heavy (non-hydrogen) atoms. The van der Waals surface area contributed by atoms with Gasteiger partial charge in [-0.1, -0.05) is 25.5 Å². The summed E-state index contributed by atoms with van der Waals surface area (Å²) < 4.78 is 0. The number of piperidine rings is 1. The average Bonchev–Trinajstić information content (AvgIpc) is 2.56. The molecule has 0 spiro atoms. The second-order valence-corrected chi connectivity index (χ2v) is 6.21. The van der Waals surface area contributed by atoms with Gasteiger partial charge in [0, 0.05) is 23.9 Å². The van der Waals surface area contributed by atoms with Crippen LogP contribution >= 0.6 is 0 Å². The molecule has 0 amide bonds. The summed E-state index contributed by atoms with van der Waals surface area (Å²) >= 11 is 0. The Labute approximate surface area is 130 Å². The number of fused-ring (bicyclic) bond motifs is 1. The predicted octanol–water partition coefficient (Wildman–Crippen LogP) is 1.98. The molecule has 0 unspecified atom stereocenters. The molecule has 2 atom stereocenters. The minimum atomic E-state index is -0.459. The second-order valence-electron chi connectivity index (χ2n) is 6.21. The van der Waals surface area contributed by atoms with E-state index in [0.29, 0.717) is 13.0 Å². The lowest BCUT2D eigenvalue weighted by molar-refractivity contribution is -0.0352. The Balaban J connectivity index is 1.97. The van der Waals surface area contributed by atoms with Crippen LogP contribution in [0.3, 0.4) is 0 Å². The molecule has 1 aliphatic rings. The molecule has 5 nitrogen and oxygen atoms in total. The van der Waals surface area contributed by atoms with Gasteiger partial charge >= 0.3 is 0 Å². The molecule has 1 aromatic heterocycles. The molecule has 0 bridgehead atoms. The minimum Gasteiger partial charge on any atom is -0.396 e. The number of nitrogens with zero attached hydrogens (tertiary/aromatic N) is 3. The van der Waals surface area contributed by atoms with Gasteiger partial charge in [0.2, 0.25) is 0 Å². The van der Waals surface area contributed by atoms with Crippen molar-refractivity contribution in [2.75, 3.05) is 24.6 Å². The van der Waals surface area contributed by atoms with Crippen LogP contribution < -0.4 is 4.90 Å². The van der Waals surface area contributed by atoms with Crippen molar-refractivity contribution >= 4 is 16.7 Å². The van der Waals surface area contributed by atoms with Gasteiger partial charge in [-0.25, -0.2) is 9.97 Å². The molecule has 1 fully saturated rings. The molecule has 2 aromatic rings. The molecule has 0 aliphatic carbocycles. The van der Waals surface area contributed by atoms with Crippen LogP contribution in [0.15, 0.2) is 30.6 Å². The average molecular weight is 301 g/mol. The molecule has 118 valence electrons. The number of benzene rings is 1. The SMILES string of the molecule is CCC[C@]1(CO)CN(c2ncnc3ccccc23)CC[C@H]1O. The molecular formula is C17H23N3O2. The second kappa shape index (κ2) is 6.18. The molecule has 0 radical (unpaired) electrons. The van der Waals surface area contributed by atoms with Crippen LogP contribution in [0.4, 0.5) is 5.82 Å². The fraction of sp³-hybridized carbons (Fsp3) is 0.529. The zero-order chi connectivity index (χ0) is 15.6. The lowest BCUT2D eigenvalue weighted by Crippen LogP contribution is -2.54. The zero-order valence-electron chi connectivity index (χ0n) is 12.9. The van der Waals surface area contributed by atoms with Crippen molar-refractivity contribution in [3.05, 3.63) is 30.6 Å². The smallest absolute Gasteiger partial charge is 0.139 e. The summed E-state index contributed by atoms with van der Waals surface area (Å²) in [5.74, 6) is 0.895. The maximum absolute atomic E-state index is 10.4. The van der Waals surface area contributed by atoms with E-state index in [1.165, 1.54) is 0 Å². The lowest BCUT2D eigenvalue weighted by atomic mass is 9.74. The van der Waals surface area contributed by atoms with E-state index in [0.717, 1.165) is 36.1 Å². The standard InChI is InChI=1S/C17H23N3O2/c1-2-8-17(11-21)10-20(9-7-15(17)22)16-13-5-3-4-6-14(13)18-12-19-16/h3-6,12,15,21-22H,2,7-11H2,1H3/t15-,17-/m1/s1. The van der Waals surface area contributed by atoms with Gasteiger partial charge in [-0.3, -0.25) is 0 Å². The van der Waals surface area contributed by atoms with Gasteiger partial charge in [0.15, 0.2) is 0 Å². The molecule has 3 rings (SSSR count). The minimum absolute atomic E-state index is 0.00151. The largest absolute Gasteiger partial charge is 0.396 e. The maximum Gasteiger partial charge on any atom is 0.139 e. The predicted molar refractivity (Wildman–Crippen MR) is 86.8 cm³/mol. The van der Waals surface area contributed by atoms with Gasteiger partial charge in [0.05, 0.1) is 18.2 Å². The van der Waals surface area contributed by atoms with Gasteiger partial charge in [0.25, 0.3) is 0 Å². The summed E-state index contributed by atoms with van der Waals surface area (Å²) in [6, 6.07) is 7.95. The summed E-state index contributed by atoms with van der Waals surface area (Å²) in [7, 11) is 0. The fourth-order valence-electron chi connectivity index (χ4n) is 3.55. The Hall–Kier alpha value is -1.72. The van der Waals surface area contributed by atoms with Gasteiger partial charge in [0.1, 0.15) is 12.1 Å². The summed E-state index contributed by atoms with van der Waals surface area (Å²) in [6.07, 6.45) is 3.53. The van der Waals surface area contributed by atoms with E-state index in [2.05, 4.69) is 21.8 Å². The van der Waals surface area contributed by atoms with Crippen molar-refractivity contribution in [2.24, 2.45) is 5.41 Å². The number of aliphatic hydroxyl groups is 2. The van der Waals surface area contributed by atoms with Crippen molar-refractivity contribution in [1.82, 2.24) is 9.97 Å². The highest BCUT2D eigenvalue weighted by Gasteiger charge is 2.42. The molecule has 1 aromatic carbocycles. The molecule has 5 heteroatoms. The van der Waals surface area contributed by atoms with E-state index in [-0.39, 0.29) is 6.61 Å². The first kappa shape index (κ1) is 15.2. The van der Waals surface area contributed by atoms with Crippen molar-refractivity contribution < 1.29 is 10.2 Å². The first-order valence-electron chi connectivity index (χ1n) is 7.94. The summed E-state index contributed by atoms with van der Waals surface area (Å²) in [6.45, 7) is 3.46. The third-order valence-electron chi connectivity index (χ3n) is 4.77. The first-order chi connectivity index (χ1) is 10.7. The van der Waals surface area contributed by atoms with Crippen molar-refractivity contribution in [2.45, 2.75) is 32.3 Å². The van der Waals surface area contributed by atoms with Gasteiger partial charge in [-0.15, -0.1) is 0 Å². The van der Waals surface area contributed by atoms with Crippen LogP contribution in [-0.2, 0) is 0 Å². The Kier molecular flexibility index (Phi) is 4.27. The number of hydrogen-bond donors (Lipinski definition) is 2. The van der Waals surface area contributed by atoms with Crippen LogP contribution in [0.2, 0.25) is 0 Å². The van der Waals surface area contributed by atoms with E-state index >= 15 is 0 Å². The topological polar surface area (TPSA) is 69.5 Å². The molecule has 1 saturated heterocycles. The van der Waals surface area contributed by atoms with Crippen molar-refractivity contribution in [3.63, 3.8) is 0 Å².